The summed E-state index contributed by atoms with van der Waals surface area (Å²) in [4.78, 5) is 32.6. The van der Waals surface area contributed by atoms with Crippen LogP contribution < -0.4 is 26.0 Å². The van der Waals surface area contributed by atoms with Crippen LogP contribution >= 0.6 is 23.2 Å². The Morgan fingerprint density at radius 3 is 2.44 bits per heavy atom. The van der Waals surface area contributed by atoms with Crippen molar-refractivity contribution in [3.63, 3.8) is 0 Å². The molecule has 43 heavy (non-hydrogen) atoms. The summed E-state index contributed by atoms with van der Waals surface area (Å²) in [5, 5.41) is 13.3. The Morgan fingerprint density at radius 1 is 0.953 bits per heavy atom. The molecule has 2 aliphatic heterocycles. The molecule has 220 valence electrons. The zero-order valence-electron chi connectivity index (χ0n) is 23.5. The first-order valence-corrected chi connectivity index (χ1v) is 14.8. The van der Waals surface area contributed by atoms with Crippen molar-refractivity contribution in [1.29, 1.82) is 0 Å². The van der Waals surface area contributed by atoms with Crippen molar-refractivity contribution in [2.24, 2.45) is 0 Å². The highest BCUT2D eigenvalue weighted by atomic mass is 35.5. The van der Waals surface area contributed by atoms with Gasteiger partial charge in [0.05, 0.1) is 29.4 Å². The van der Waals surface area contributed by atoms with E-state index in [0.717, 1.165) is 45.4 Å². The minimum absolute atomic E-state index is 0.0994. The van der Waals surface area contributed by atoms with Crippen LogP contribution in [-0.4, -0.2) is 48.0 Å². The SMILES string of the molecule is COc1nc(-c2cccc(-c3cccc(-c4cnc5c(c4)CNCC(=O)N5)c3Cl)c2Cl)ccc1CNCC1CCC(=O)N1. The average Bonchev–Trinajstić information content (AvgIpc) is 3.33. The molecule has 0 radical (unpaired) electrons. The Bertz CT molecular complexity index is 1710. The van der Waals surface area contributed by atoms with E-state index in [9.17, 15) is 9.59 Å². The van der Waals surface area contributed by atoms with Crippen LogP contribution in [0.25, 0.3) is 33.5 Å². The van der Waals surface area contributed by atoms with Crippen LogP contribution in [0.3, 0.4) is 0 Å². The molecule has 2 amide bonds. The van der Waals surface area contributed by atoms with Gasteiger partial charge in [0.25, 0.3) is 0 Å². The molecule has 4 N–H and O–H groups in total. The number of carbonyl (C=O) groups excluding carboxylic acids is 2. The summed E-state index contributed by atoms with van der Waals surface area (Å²) < 4.78 is 5.62. The maximum absolute atomic E-state index is 11.9. The molecule has 0 saturated carbocycles. The molecular weight excluding hydrogens is 587 g/mol. The van der Waals surface area contributed by atoms with Gasteiger partial charge >= 0.3 is 0 Å². The lowest BCUT2D eigenvalue weighted by Gasteiger charge is -2.16. The third kappa shape index (κ3) is 6.21. The summed E-state index contributed by atoms with van der Waals surface area (Å²) in [5.74, 6) is 1.03. The topological polar surface area (TPSA) is 117 Å². The van der Waals surface area contributed by atoms with Crippen molar-refractivity contribution in [2.75, 3.05) is 25.5 Å². The van der Waals surface area contributed by atoms with Crippen LogP contribution in [-0.2, 0) is 22.7 Å². The molecule has 2 aromatic heterocycles. The largest absolute Gasteiger partial charge is 0.481 e. The molecule has 1 fully saturated rings. The molecule has 2 aliphatic rings. The van der Waals surface area contributed by atoms with Gasteiger partial charge in [0.2, 0.25) is 17.7 Å². The summed E-state index contributed by atoms with van der Waals surface area (Å²) >= 11 is 14.1. The van der Waals surface area contributed by atoms with Crippen LogP contribution in [0.2, 0.25) is 10.0 Å². The first kappa shape index (κ1) is 29.1. The van der Waals surface area contributed by atoms with Crippen LogP contribution in [0.15, 0.2) is 60.8 Å². The van der Waals surface area contributed by atoms with Gasteiger partial charge in [-0.3, -0.25) is 9.59 Å². The maximum Gasteiger partial charge on any atom is 0.239 e. The number of nitrogens with zero attached hydrogens (tertiary/aromatic N) is 2. The van der Waals surface area contributed by atoms with Crippen molar-refractivity contribution in [3.05, 3.63) is 82.0 Å². The number of anilines is 1. The number of nitrogens with one attached hydrogen (secondary N) is 4. The van der Waals surface area contributed by atoms with Gasteiger partial charge in [0.15, 0.2) is 0 Å². The van der Waals surface area contributed by atoms with Crippen molar-refractivity contribution in [1.82, 2.24) is 25.9 Å². The number of hydrogen-bond acceptors (Lipinski definition) is 7. The highest BCUT2D eigenvalue weighted by Gasteiger charge is 2.21. The molecule has 1 unspecified atom stereocenters. The first-order chi connectivity index (χ1) is 20.9. The fourth-order valence-corrected chi connectivity index (χ4v) is 6.10. The minimum atomic E-state index is -0.123. The van der Waals surface area contributed by atoms with E-state index in [-0.39, 0.29) is 24.4 Å². The summed E-state index contributed by atoms with van der Waals surface area (Å²) in [7, 11) is 1.59. The van der Waals surface area contributed by atoms with Gasteiger partial charge in [0, 0.05) is 77.2 Å². The van der Waals surface area contributed by atoms with Crippen molar-refractivity contribution in [3.8, 4) is 39.4 Å². The lowest BCUT2D eigenvalue weighted by atomic mass is 9.96. The van der Waals surface area contributed by atoms with Gasteiger partial charge in [0.1, 0.15) is 5.82 Å². The number of rotatable bonds is 8. The zero-order valence-corrected chi connectivity index (χ0v) is 25.0. The van der Waals surface area contributed by atoms with Gasteiger partial charge in [-0.2, -0.15) is 0 Å². The van der Waals surface area contributed by atoms with Gasteiger partial charge in [-0.15, -0.1) is 0 Å². The lowest BCUT2D eigenvalue weighted by Crippen LogP contribution is -2.35. The number of pyridine rings is 2. The van der Waals surface area contributed by atoms with E-state index < -0.39 is 0 Å². The van der Waals surface area contributed by atoms with E-state index in [1.165, 1.54) is 0 Å². The van der Waals surface area contributed by atoms with E-state index in [0.29, 0.717) is 53.5 Å². The third-order valence-electron chi connectivity index (χ3n) is 7.62. The molecule has 2 aromatic carbocycles. The van der Waals surface area contributed by atoms with Crippen molar-refractivity contribution >= 4 is 40.8 Å². The van der Waals surface area contributed by atoms with Gasteiger partial charge in [-0.05, 0) is 18.6 Å². The molecular formula is C32H30Cl2N6O3. The van der Waals surface area contributed by atoms with Gasteiger partial charge in [-0.25, -0.2) is 9.97 Å². The second kappa shape index (κ2) is 12.7. The minimum Gasteiger partial charge on any atom is -0.481 e. The molecule has 4 aromatic rings. The summed E-state index contributed by atoms with van der Waals surface area (Å²) in [6.45, 7) is 1.99. The number of hydrogen-bond donors (Lipinski definition) is 4. The van der Waals surface area contributed by atoms with Crippen LogP contribution in [0.4, 0.5) is 5.82 Å². The zero-order chi connectivity index (χ0) is 29.9. The second-order valence-corrected chi connectivity index (χ2v) is 11.3. The Balaban J connectivity index is 1.27. The Kier molecular flexibility index (Phi) is 8.58. The first-order valence-electron chi connectivity index (χ1n) is 14.0. The number of aromatic nitrogens is 2. The average molecular weight is 618 g/mol. The van der Waals surface area contributed by atoms with Crippen LogP contribution in [0, 0.1) is 0 Å². The quantitative estimate of drug-likeness (QED) is 0.215. The van der Waals surface area contributed by atoms with Crippen molar-refractivity contribution in [2.45, 2.75) is 32.0 Å². The predicted molar refractivity (Wildman–Crippen MR) is 168 cm³/mol. The smallest absolute Gasteiger partial charge is 0.239 e. The molecule has 9 nitrogen and oxygen atoms in total. The molecule has 0 spiro atoms. The standard InChI is InChI=1S/C32H30Cl2N6O3/c1-43-32-18(13-35-16-21-9-11-27(41)38-21)8-10-26(39-32)25-7-3-6-24(30(25)34)23-5-2-4-22(29(23)33)19-12-20-14-36-17-28(42)40-31(20)37-15-19/h2-8,10,12,15,21,35-36H,9,11,13-14,16-17H2,1H3,(H,38,41)(H,37,40,42). The Labute approximate surface area is 259 Å². The number of carbonyl (C=O) groups is 2. The van der Waals surface area contributed by atoms with Crippen molar-refractivity contribution < 1.29 is 14.3 Å². The monoisotopic (exact) mass is 616 g/mol. The molecule has 1 saturated heterocycles. The molecule has 1 atom stereocenters. The molecule has 11 heteroatoms. The summed E-state index contributed by atoms with van der Waals surface area (Å²) in [5.41, 5.74) is 6.40. The predicted octanol–water partition coefficient (Wildman–Crippen LogP) is 5.20. The molecule has 0 bridgehead atoms. The highest BCUT2D eigenvalue weighted by Crippen LogP contribution is 2.42. The number of fused-ring (bicyclic) bond motifs is 1. The fourth-order valence-electron chi connectivity index (χ4n) is 5.43. The van der Waals surface area contributed by atoms with E-state index in [1.807, 2.05) is 54.6 Å². The Morgan fingerprint density at radius 2 is 1.70 bits per heavy atom. The van der Waals surface area contributed by atoms with E-state index >= 15 is 0 Å². The number of ether oxygens (including phenoxy) is 1. The maximum atomic E-state index is 11.9. The normalized spacial score (nSPS) is 16.3. The third-order valence-corrected chi connectivity index (χ3v) is 8.44. The number of benzene rings is 2. The second-order valence-electron chi connectivity index (χ2n) is 10.5. The van der Waals surface area contributed by atoms with Gasteiger partial charge < -0.3 is 26.0 Å². The number of halogens is 2. The van der Waals surface area contributed by atoms with E-state index in [2.05, 4.69) is 26.3 Å². The van der Waals surface area contributed by atoms with Crippen LogP contribution in [0.1, 0.15) is 24.0 Å². The summed E-state index contributed by atoms with van der Waals surface area (Å²) in [6.07, 6.45) is 3.12. The van der Waals surface area contributed by atoms with E-state index in [4.69, 9.17) is 32.9 Å². The summed E-state index contributed by atoms with van der Waals surface area (Å²) in [6, 6.07) is 17.6. The molecule has 0 aliphatic carbocycles. The van der Waals surface area contributed by atoms with E-state index in [1.54, 1.807) is 13.3 Å². The van der Waals surface area contributed by atoms with Crippen LogP contribution in [0.5, 0.6) is 5.88 Å². The van der Waals surface area contributed by atoms with Gasteiger partial charge in [-0.1, -0.05) is 65.7 Å². The fraction of sp³-hybridized carbons (Fsp3) is 0.250. The highest BCUT2D eigenvalue weighted by molar-refractivity contribution is 6.39. The molecule has 6 rings (SSSR count). The number of amides is 2. The lowest BCUT2D eigenvalue weighted by molar-refractivity contribution is -0.119. The Hall–Kier alpha value is -4.02. The number of methoxy groups -OCH3 is 1. The molecule has 4 heterocycles.